The van der Waals surface area contributed by atoms with E-state index >= 15 is 0 Å². The minimum atomic E-state index is -4.17. The fourth-order valence-corrected chi connectivity index (χ4v) is 7.01. The van der Waals surface area contributed by atoms with Gasteiger partial charge in [-0.3, -0.25) is 9.69 Å². The van der Waals surface area contributed by atoms with Crippen molar-refractivity contribution >= 4 is 16.7 Å². The molecule has 3 fully saturated rings. The Balaban J connectivity index is 1.33. The molecule has 1 N–H and O–H groups in total. The van der Waals surface area contributed by atoms with Gasteiger partial charge in [-0.05, 0) is 86.8 Å². The minimum Gasteiger partial charge on any atom is -0.490 e. The van der Waals surface area contributed by atoms with Crippen LogP contribution in [-0.4, -0.2) is 40.3 Å². The number of benzene rings is 2. The van der Waals surface area contributed by atoms with E-state index in [4.69, 9.17) is 4.74 Å². The summed E-state index contributed by atoms with van der Waals surface area (Å²) in [5.41, 5.74) is 1.55. The van der Waals surface area contributed by atoms with Crippen molar-refractivity contribution in [3.63, 3.8) is 0 Å². The first-order valence-corrected chi connectivity index (χ1v) is 13.5. The van der Waals surface area contributed by atoms with Crippen molar-refractivity contribution in [1.29, 1.82) is 0 Å². The lowest BCUT2D eigenvalue weighted by molar-refractivity contribution is -0.185. The molecular weight excluding hydrogens is 486 g/mol. The average Bonchev–Trinajstić information content (AvgIpc) is 2.86. The molecule has 0 amide bonds. The lowest BCUT2D eigenvalue weighted by Gasteiger charge is -2.51. The lowest BCUT2D eigenvalue weighted by Crippen LogP contribution is -2.53. The van der Waals surface area contributed by atoms with E-state index in [1.807, 2.05) is 18.2 Å². The molecule has 2 unspecified atom stereocenters. The van der Waals surface area contributed by atoms with Crippen LogP contribution in [0.3, 0.4) is 0 Å². The second-order valence-corrected chi connectivity index (χ2v) is 11.2. The summed E-state index contributed by atoms with van der Waals surface area (Å²) in [6.45, 7) is 1.45. The monoisotopic (exact) mass is 521 g/mol. The third kappa shape index (κ3) is 5.31. The SMILES string of the molecule is C[C@@H](c1ccc2c(CF)c(OC3CCC(C(F)(F)F)CC3)ccc2c1)N1C2CCCC1CC(C(=O)O)C2. The third-order valence-electron chi connectivity index (χ3n) is 8.99. The normalized spacial score (nSPS) is 29.7. The van der Waals surface area contributed by atoms with E-state index in [9.17, 15) is 27.5 Å². The zero-order chi connectivity index (χ0) is 26.3. The smallest absolute Gasteiger partial charge is 0.391 e. The number of alkyl halides is 4. The van der Waals surface area contributed by atoms with Crippen molar-refractivity contribution in [2.75, 3.05) is 0 Å². The van der Waals surface area contributed by atoms with Crippen molar-refractivity contribution in [1.82, 2.24) is 4.90 Å². The molecular formula is C29H35F4NO3. The fraction of sp³-hybridized carbons (Fsp3) is 0.621. The molecule has 8 heteroatoms. The number of aliphatic carboxylic acids is 1. The molecule has 2 aromatic carbocycles. The van der Waals surface area contributed by atoms with Crippen LogP contribution in [0.2, 0.25) is 0 Å². The maximum absolute atomic E-state index is 14.2. The summed E-state index contributed by atoms with van der Waals surface area (Å²) in [4.78, 5) is 14.1. The van der Waals surface area contributed by atoms with Crippen molar-refractivity contribution in [3.8, 4) is 5.75 Å². The second-order valence-electron chi connectivity index (χ2n) is 11.2. The highest BCUT2D eigenvalue weighted by molar-refractivity contribution is 5.88. The maximum Gasteiger partial charge on any atom is 0.391 e. The van der Waals surface area contributed by atoms with Gasteiger partial charge in [-0.25, -0.2) is 4.39 Å². The van der Waals surface area contributed by atoms with Gasteiger partial charge in [-0.2, -0.15) is 13.2 Å². The van der Waals surface area contributed by atoms with Crippen molar-refractivity contribution in [2.24, 2.45) is 11.8 Å². The molecule has 3 aliphatic rings. The van der Waals surface area contributed by atoms with Crippen molar-refractivity contribution < 1.29 is 32.2 Å². The number of hydrogen-bond acceptors (Lipinski definition) is 3. The summed E-state index contributed by atoms with van der Waals surface area (Å²) >= 11 is 0. The van der Waals surface area contributed by atoms with Crippen LogP contribution in [0.15, 0.2) is 30.3 Å². The Hall–Kier alpha value is -2.35. The number of piperidine rings is 2. The summed E-state index contributed by atoms with van der Waals surface area (Å²) in [6.07, 6.45) is 0.707. The standard InChI is InChI=1S/C29H35F4NO3/c1-17(34-22-3-2-4-23(34)15-20(14-22)28(35)36)18-5-11-25-19(13-18)6-12-27(26(25)16-30)37-24-9-7-21(8-10-24)29(31,32)33/h5-6,11-13,17,20-24H,2-4,7-10,14-16H2,1H3,(H,35,36)/t17-,20?,21?,22?,23?,24?/m0/s1. The van der Waals surface area contributed by atoms with E-state index in [0.29, 0.717) is 37.0 Å². The number of hydrogen-bond donors (Lipinski definition) is 1. The van der Waals surface area contributed by atoms with Gasteiger partial charge in [0.15, 0.2) is 0 Å². The van der Waals surface area contributed by atoms with Crippen molar-refractivity contribution in [3.05, 3.63) is 41.5 Å². The Labute approximate surface area is 215 Å². The van der Waals surface area contributed by atoms with E-state index in [2.05, 4.69) is 17.9 Å². The summed E-state index contributed by atoms with van der Waals surface area (Å²) < 4.78 is 59.2. The van der Waals surface area contributed by atoms with Crippen LogP contribution in [-0.2, 0) is 11.5 Å². The molecule has 4 nitrogen and oxygen atoms in total. The van der Waals surface area contributed by atoms with Crippen LogP contribution in [0.5, 0.6) is 5.75 Å². The Morgan fingerprint density at radius 2 is 1.73 bits per heavy atom. The highest BCUT2D eigenvalue weighted by Crippen LogP contribution is 2.43. The largest absolute Gasteiger partial charge is 0.490 e. The van der Waals surface area contributed by atoms with Gasteiger partial charge < -0.3 is 9.84 Å². The third-order valence-corrected chi connectivity index (χ3v) is 8.99. The zero-order valence-electron chi connectivity index (χ0n) is 21.1. The number of carboxylic acid groups (broad SMARTS) is 1. The zero-order valence-corrected chi connectivity index (χ0v) is 21.1. The average molecular weight is 522 g/mol. The Bertz CT molecular complexity index is 1110. The number of fused-ring (bicyclic) bond motifs is 3. The molecule has 3 atom stereocenters. The minimum absolute atomic E-state index is 0.0413. The summed E-state index contributed by atoms with van der Waals surface area (Å²) in [6, 6.07) is 10.3. The quantitative estimate of drug-likeness (QED) is 0.398. The van der Waals surface area contributed by atoms with Crippen LogP contribution in [0.4, 0.5) is 17.6 Å². The van der Waals surface area contributed by atoms with Gasteiger partial charge in [-0.15, -0.1) is 0 Å². The summed E-state index contributed by atoms with van der Waals surface area (Å²) in [5.74, 6) is -1.83. The molecule has 2 aliphatic heterocycles. The predicted molar refractivity (Wildman–Crippen MR) is 133 cm³/mol. The molecule has 2 bridgehead atoms. The fourth-order valence-electron chi connectivity index (χ4n) is 7.01. The number of rotatable bonds is 6. The number of halogens is 4. The Kier molecular flexibility index (Phi) is 7.40. The molecule has 1 aliphatic carbocycles. The number of carboxylic acids is 1. The molecule has 0 spiro atoms. The predicted octanol–water partition coefficient (Wildman–Crippen LogP) is 7.59. The van der Waals surface area contributed by atoms with Gasteiger partial charge in [0.1, 0.15) is 12.4 Å². The van der Waals surface area contributed by atoms with Gasteiger partial charge in [0.25, 0.3) is 0 Å². The second kappa shape index (κ2) is 10.4. The van der Waals surface area contributed by atoms with E-state index in [1.165, 1.54) is 0 Å². The first kappa shape index (κ1) is 26.3. The van der Waals surface area contributed by atoms with Gasteiger partial charge in [0.05, 0.1) is 17.9 Å². The van der Waals surface area contributed by atoms with Crippen LogP contribution in [0, 0.1) is 11.8 Å². The molecule has 1 saturated carbocycles. The summed E-state index contributed by atoms with van der Waals surface area (Å²) in [7, 11) is 0. The highest BCUT2D eigenvalue weighted by atomic mass is 19.4. The topological polar surface area (TPSA) is 49.8 Å². The summed E-state index contributed by atoms with van der Waals surface area (Å²) in [5, 5.41) is 11.2. The van der Waals surface area contributed by atoms with E-state index in [0.717, 1.165) is 35.6 Å². The first-order valence-electron chi connectivity index (χ1n) is 13.5. The Morgan fingerprint density at radius 3 is 2.32 bits per heavy atom. The molecule has 0 aromatic heterocycles. The molecule has 2 heterocycles. The van der Waals surface area contributed by atoms with E-state index < -0.39 is 24.7 Å². The van der Waals surface area contributed by atoms with Crippen LogP contribution in [0.1, 0.15) is 81.9 Å². The molecule has 2 saturated heterocycles. The Morgan fingerprint density at radius 1 is 1.05 bits per heavy atom. The van der Waals surface area contributed by atoms with Crippen LogP contribution < -0.4 is 4.74 Å². The first-order chi connectivity index (χ1) is 17.7. The van der Waals surface area contributed by atoms with Gasteiger partial charge in [0, 0.05) is 23.7 Å². The molecule has 0 radical (unpaired) electrons. The number of nitrogens with zero attached hydrogens (tertiary/aromatic N) is 1. The van der Waals surface area contributed by atoms with Crippen molar-refractivity contribution in [2.45, 2.75) is 102 Å². The van der Waals surface area contributed by atoms with E-state index in [-0.39, 0.29) is 43.0 Å². The highest BCUT2D eigenvalue weighted by Gasteiger charge is 2.43. The molecule has 5 rings (SSSR count). The van der Waals surface area contributed by atoms with Gasteiger partial charge in [0.2, 0.25) is 0 Å². The van der Waals surface area contributed by atoms with Crippen LogP contribution in [0.25, 0.3) is 10.8 Å². The maximum atomic E-state index is 14.2. The van der Waals surface area contributed by atoms with Crippen LogP contribution >= 0.6 is 0 Å². The number of carbonyl (C=O) groups is 1. The lowest BCUT2D eigenvalue weighted by atomic mass is 9.77. The molecule has 37 heavy (non-hydrogen) atoms. The van der Waals surface area contributed by atoms with Gasteiger partial charge in [-0.1, -0.05) is 24.6 Å². The molecule has 2 aromatic rings. The molecule has 202 valence electrons. The van der Waals surface area contributed by atoms with E-state index in [1.54, 1.807) is 6.07 Å². The number of ether oxygens (including phenoxy) is 1. The van der Waals surface area contributed by atoms with Gasteiger partial charge >= 0.3 is 12.1 Å².